The molecule has 1 aromatic carbocycles. The lowest BCUT2D eigenvalue weighted by atomic mass is 10.1. The summed E-state index contributed by atoms with van der Waals surface area (Å²) < 4.78 is 0. The van der Waals surface area contributed by atoms with Gasteiger partial charge in [-0.2, -0.15) is 0 Å². The summed E-state index contributed by atoms with van der Waals surface area (Å²) in [6, 6.07) is 5.31. The van der Waals surface area contributed by atoms with E-state index in [-0.39, 0.29) is 10.6 Å². The maximum absolute atomic E-state index is 10.8. The highest BCUT2D eigenvalue weighted by atomic mass is 16.6. The summed E-state index contributed by atoms with van der Waals surface area (Å²) in [7, 11) is 0. The number of nitro benzene ring substituents is 1. The van der Waals surface area contributed by atoms with Crippen LogP contribution in [0.3, 0.4) is 0 Å². The SMILES string of the molecule is CCCCCCCCNc1ccc(C)c([N+](=O)[O-])c1. The predicted octanol–water partition coefficient (Wildman–Crippen LogP) is 4.68. The summed E-state index contributed by atoms with van der Waals surface area (Å²) in [6.07, 6.45) is 7.52. The molecule has 0 aliphatic heterocycles. The summed E-state index contributed by atoms with van der Waals surface area (Å²) in [4.78, 5) is 10.5. The molecule has 0 aliphatic carbocycles. The fourth-order valence-electron chi connectivity index (χ4n) is 2.05. The predicted molar refractivity (Wildman–Crippen MR) is 79.7 cm³/mol. The topological polar surface area (TPSA) is 55.2 Å². The average molecular weight is 264 g/mol. The van der Waals surface area contributed by atoms with Crippen LogP contribution < -0.4 is 5.32 Å². The van der Waals surface area contributed by atoms with E-state index >= 15 is 0 Å². The number of hydrogen-bond donors (Lipinski definition) is 1. The lowest BCUT2D eigenvalue weighted by molar-refractivity contribution is -0.385. The van der Waals surface area contributed by atoms with Gasteiger partial charge in [-0.05, 0) is 19.4 Å². The third kappa shape index (κ3) is 5.73. The number of rotatable bonds is 9. The van der Waals surface area contributed by atoms with Crippen LogP contribution in [-0.4, -0.2) is 11.5 Å². The Morgan fingerprint density at radius 1 is 1.16 bits per heavy atom. The van der Waals surface area contributed by atoms with E-state index in [0.717, 1.165) is 18.7 Å². The molecule has 1 N–H and O–H groups in total. The third-order valence-corrected chi connectivity index (χ3v) is 3.27. The van der Waals surface area contributed by atoms with Crippen molar-refractivity contribution in [1.29, 1.82) is 0 Å². The molecule has 1 aromatic rings. The van der Waals surface area contributed by atoms with Crippen LogP contribution in [0, 0.1) is 17.0 Å². The fourth-order valence-corrected chi connectivity index (χ4v) is 2.05. The smallest absolute Gasteiger partial charge is 0.274 e. The van der Waals surface area contributed by atoms with Crippen molar-refractivity contribution in [3.05, 3.63) is 33.9 Å². The fraction of sp³-hybridized carbons (Fsp3) is 0.600. The van der Waals surface area contributed by atoms with E-state index in [1.165, 1.54) is 32.1 Å². The van der Waals surface area contributed by atoms with Crippen LogP contribution in [0.1, 0.15) is 51.0 Å². The van der Waals surface area contributed by atoms with E-state index < -0.39 is 0 Å². The van der Waals surface area contributed by atoms with Crippen molar-refractivity contribution in [3.63, 3.8) is 0 Å². The van der Waals surface area contributed by atoms with Gasteiger partial charge in [0.2, 0.25) is 0 Å². The molecule has 0 amide bonds. The Bertz CT molecular complexity index is 405. The molecule has 19 heavy (non-hydrogen) atoms. The molecule has 0 heterocycles. The van der Waals surface area contributed by atoms with Gasteiger partial charge in [0.05, 0.1) is 4.92 Å². The normalized spacial score (nSPS) is 10.4. The molecule has 0 atom stereocenters. The number of nitrogens with one attached hydrogen (secondary N) is 1. The Morgan fingerprint density at radius 2 is 1.84 bits per heavy atom. The van der Waals surface area contributed by atoms with Crippen LogP contribution >= 0.6 is 0 Å². The van der Waals surface area contributed by atoms with Gasteiger partial charge in [0.25, 0.3) is 5.69 Å². The van der Waals surface area contributed by atoms with E-state index in [1.807, 2.05) is 6.07 Å². The van der Waals surface area contributed by atoms with Crippen molar-refractivity contribution >= 4 is 11.4 Å². The van der Waals surface area contributed by atoms with Crippen molar-refractivity contribution in [1.82, 2.24) is 0 Å². The summed E-state index contributed by atoms with van der Waals surface area (Å²) >= 11 is 0. The molecule has 0 bridgehead atoms. The third-order valence-electron chi connectivity index (χ3n) is 3.27. The Hall–Kier alpha value is -1.58. The summed E-state index contributed by atoms with van der Waals surface area (Å²) in [5.74, 6) is 0. The largest absolute Gasteiger partial charge is 0.385 e. The minimum absolute atomic E-state index is 0.188. The summed E-state index contributed by atoms with van der Waals surface area (Å²) in [5.41, 5.74) is 1.73. The Kier molecular flexibility index (Phi) is 6.93. The number of unbranched alkanes of at least 4 members (excludes halogenated alkanes) is 5. The first kappa shape index (κ1) is 15.5. The van der Waals surface area contributed by atoms with Crippen LogP contribution in [0.4, 0.5) is 11.4 Å². The minimum Gasteiger partial charge on any atom is -0.385 e. The Morgan fingerprint density at radius 3 is 2.53 bits per heavy atom. The van der Waals surface area contributed by atoms with E-state index in [4.69, 9.17) is 0 Å². The standard InChI is InChI=1S/C15H24N2O2/c1-3-4-5-6-7-8-11-16-14-10-9-13(2)15(12-14)17(18)19/h9-10,12,16H,3-8,11H2,1-2H3. The zero-order chi connectivity index (χ0) is 14.1. The molecule has 106 valence electrons. The van der Waals surface area contributed by atoms with Gasteiger partial charge in [0, 0.05) is 23.9 Å². The van der Waals surface area contributed by atoms with Crippen molar-refractivity contribution in [2.24, 2.45) is 0 Å². The minimum atomic E-state index is -0.328. The number of nitrogens with zero attached hydrogens (tertiary/aromatic N) is 1. The molecule has 0 radical (unpaired) electrons. The second kappa shape index (κ2) is 8.51. The van der Waals surface area contributed by atoms with Gasteiger partial charge in [-0.15, -0.1) is 0 Å². The van der Waals surface area contributed by atoms with Crippen LogP contribution in [0.5, 0.6) is 0 Å². The molecule has 0 aliphatic rings. The molecule has 0 saturated heterocycles. The van der Waals surface area contributed by atoms with Crippen molar-refractivity contribution < 1.29 is 4.92 Å². The molecule has 0 aromatic heterocycles. The number of hydrogen-bond acceptors (Lipinski definition) is 3. The van der Waals surface area contributed by atoms with E-state index in [2.05, 4.69) is 12.2 Å². The molecule has 0 fully saturated rings. The number of anilines is 1. The molecule has 0 spiro atoms. The van der Waals surface area contributed by atoms with Crippen LogP contribution in [-0.2, 0) is 0 Å². The first-order valence-corrected chi connectivity index (χ1v) is 7.14. The maximum atomic E-state index is 10.8. The maximum Gasteiger partial charge on any atom is 0.274 e. The lowest BCUT2D eigenvalue weighted by Gasteiger charge is -2.07. The zero-order valence-electron chi connectivity index (χ0n) is 11.9. The van der Waals surface area contributed by atoms with Gasteiger partial charge in [-0.3, -0.25) is 10.1 Å². The van der Waals surface area contributed by atoms with Crippen LogP contribution in [0.2, 0.25) is 0 Å². The van der Waals surface area contributed by atoms with Crippen molar-refractivity contribution in [2.75, 3.05) is 11.9 Å². The van der Waals surface area contributed by atoms with Crippen LogP contribution in [0.25, 0.3) is 0 Å². The number of aryl methyl sites for hydroxylation is 1. The van der Waals surface area contributed by atoms with Gasteiger partial charge in [0.1, 0.15) is 0 Å². The first-order chi connectivity index (χ1) is 9.15. The van der Waals surface area contributed by atoms with E-state index in [0.29, 0.717) is 5.56 Å². The summed E-state index contributed by atoms with van der Waals surface area (Å²) in [5, 5.41) is 14.1. The van der Waals surface area contributed by atoms with Crippen LogP contribution in [0.15, 0.2) is 18.2 Å². The second-order valence-corrected chi connectivity index (χ2v) is 4.95. The van der Waals surface area contributed by atoms with Crippen molar-refractivity contribution in [2.45, 2.75) is 52.4 Å². The molecule has 0 unspecified atom stereocenters. The zero-order valence-corrected chi connectivity index (χ0v) is 11.9. The quantitative estimate of drug-likeness (QED) is 0.400. The highest BCUT2D eigenvalue weighted by molar-refractivity contribution is 5.54. The summed E-state index contributed by atoms with van der Waals surface area (Å²) in [6.45, 7) is 4.85. The van der Waals surface area contributed by atoms with Gasteiger partial charge in [-0.25, -0.2) is 0 Å². The average Bonchev–Trinajstić information content (AvgIpc) is 2.39. The molecular weight excluding hydrogens is 240 g/mol. The van der Waals surface area contributed by atoms with Crippen molar-refractivity contribution in [3.8, 4) is 0 Å². The number of benzene rings is 1. The second-order valence-electron chi connectivity index (χ2n) is 4.95. The number of nitro groups is 1. The molecule has 4 heteroatoms. The first-order valence-electron chi connectivity index (χ1n) is 7.14. The van der Waals surface area contributed by atoms with E-state index in [9.17, 15) is 10.1 Å². The van der Waals surface area contributed by atoms with Gasteiger partial charge in [0.15, 0.2) is 0 Å². The molecular formula is C15H24N2O2. The Balaban J connectivity index is 2.30. The molecule has 0 saturated carbocycles. The van der Waals surface area contributed by atoms with Gasteiger partial charge >= 0.3 is 0 Å². The van der Waals surface area contributed by atoms with Gasteiger partial charge in [-0.1, -0.05) is 45.1 Å². The molecule has 1 rings (SSSR count). The Labute approximate surface area is 115 Å². The monoisotopic (exact) mass is 264 g/mol. The molecule has 4 nitrogen and oxygen atoms in total. The van der Waals surface area contributed by atoms with E-state index in [1.54, 1.807) is 19.1 Å². The lowest BCUT2D eigenvalue weighted by Crippen LogP contribution is -2.02. The highest BCUT2D eigenvalue weighted by Gasteiger charge is 2.10. The highest BCUT2D eigenvalue weighted by Crippen LogP contribution is 2.22. The van der Waals surface area contributed by atoms with Gasteiger partial charge < -0.3 is 5.32 Å².